The van der Waals surface area contributed by atoms with Crippen molar-refractivity contribution in [3.05, 3.63) is 63.1 Å². The molecule has 0 radical (unpaired) electrons. The van der Waals surface area contributed by atoms with Gasteiger partial charge < -0.3 is 14.4 Å². The summed E-state index contributed by atoms with van der Waals surface area (Å²) in [6.45, 7) is 0.490. The largest absolute Gasteiger partial charge is 0.477 e. The summed E-state index contributed by atoms with van der Waals surface area (Å²) in [6, 6.07) is 6.13. The molecule has 2 aromatic rings. The number of primary sulfonamides is 1. The number of hydrogen-bond donors (Lipinski definition) is 2. The Bertz CT molecular complexity index is 1260. The minimum Gasteiger partial charge on any atom is -0.477 e. The molecule has 3 N–H and O–H groups in total. The van der Waals surface area contributed by atoms with E-state index in [4.69, 9.17) is 9.88 Å². The molecule has 0 amide bonds. The first-order valence-corrected chi connectivity index (χ1v) is 10.3. The third-order valence-electron chi connectivity index (χ3n) is 5.73. The van der Waals surface area contributed by atoms with Gasteiger partial charge >= 0.3 is 5.97 Å². The molecule has 1 aromatic heterocycles. The minimum absolute atomic E-state index is 0.0602. The average Bonchev–Trinajstić information content (AvgIpc) is 3.24. The van der Waals surface area contributed by atoms with E-state index in [1.165, 1.54) is 18.3 Å². The maximum absolute atomic E-state index is 12.3. The zero-order valence-electron chi connectivity index (χ0n) is 14.6. The van der Waals surface area contributed by atoms with Crippen LogP contribution in [0.1, 0.15) is 39.6 Å². The lowest BCUT2D eigenvalue weighted by atomic mass is 9.89. The molecule has 1 aliphatic carbocycles. The van der Waals surface area contributed by atoms with Crippen LogP contribution >= 0.6 is 0 Å². The molecular weight excluding hydrogens is 384 g/mol. The number of aromatic carboxylic acids is 1. The average molecular weight is 400 g/mol. The smallest absolute Gasteiger partial charge is 0.341 e. The predicted octanol–water partition coefficient (Wildman–Crippen LogP) is 1.00. The number of ether oxygens (including phenoxy) is 1. The molecule has 2 atom stereocenters. The number of rotatable bonds is 2. The highest BCUT2D eigenvalue weighted by Gasteiger charge is 2.44. The maximum atomic E-state index is 12.3. The second-order valence-electron chi connectivity index (χ2n) is 7.19. The van der Waals surface area contributed by atoms with Crippen molar-refractivity contribution in [2.45, 2.75) is 29.9 Å². The number of allylic oxidation sites excluding steroid dienone is 1. The lowest BCUT2D eigenvalue weighted by Crippen LogP contribution is -2.31. The molecule has 0 unspecified atom stereocenters. The third-order valence-corrected chi connectivity index (χ3v) is 6.73. The highest BCUT2D eigenvalue weighted by molar-refractivity contribution is 7.89. The van der Waals surface area contributed by atoms with Crippen LogP contribution in [-0.4, -0.2) is 36.8 Å². The van der Waals surface area contributed by atoms with Gasteiger partial charge in [0.2, 0.25) is 10.0 Å². The summed E-state index contributed by atoms with van der Waals surface area (Å²) in [7, 11) is -3.91. The van der Waals surface area contributed by atoms with E-state index >= 15 is 0 Å². The summed E-state index contributed by atoms with van der Waals surface area (Å²) >= 11 is 0. The van der Waals surface area contributed by atoms with E-state index in [0.717, 1.165) is 16.7 Å². The quantitative estimate of drug-likeness (QED) is 0.774. The summed E-state index contributed by atoms with van der Waals surface area (Å²) in [6.07, 6.45) is 2.00. The maximum Gasteiger partial charge on any atom is 0.341 e. The number of carboxylic acid groups (broad SMARTS) is 1. The molecule has 144 valence electrons. The van der Waals surface area contributed by atoms with Gasteiger partial charge in [0.25, 0.3) is 0 Å². The van der Waals surface area contributed by atoms with Gasteiger partial charge in [0.1, 0.15) is 11.7 Å². The lowest BCUT2D eigenvalue weighted by molar-refractivity contribution is 0.0693. The topological polar surface area (TPSA) is 129 Å². The van der Waals surface area contributed by atoms with Gasteiger partial charge in [-0.3, -0.25) is 4.79 Å². The molecule has 3 heterocycles. The number of benzene rings is 1. The van der Waals surface area contributed by atoms with E-state index in [1.807, 2.05) is 6.07 Å². The van der Waals surface area contributed by atoms with Gasteiger partial charge in [0.05, 0.1) is 10.9 Å². The summed E-state index contributed by atoms with van der Waals surface area (Å²) in [5, 5.41) is 14.7. The number of carbonyl (C=O) groups is 1. The van der Waals surface area contributed by atoms with Gasteiger partial charge in [0, 0.05) is 31.0 Å². The van der Waals surface area contributed by atoms with E-state index in [9.17, 15) is 23.1 Å². The van der Waals surface area contributed by atoms with Crippen molar-refractivity contribution < 1.29 is 23.1 Å². The Labute approximate surface area is 159 Å². The standard InChI is InChI=1S/C19H16N2O6S/c20-28(25,26)16-3-1-2-9-10(16)6-11-14-7-15(22)12(19(23)24)8-21(14)13-4-5-27-18(13)17(9)11/h1-3,7-8,13,18H,4-6H2,(H,23,24)(H2,20,25,26)/t13-,18+/m1/s1. The van der Waals surface area contributed by atoms with Gasteiger partial charge in [-0.1, -0.05) is 12.1 Å². The van der Waals surface area contributed by atoms with Gasteiger partial charge in [-0.2, -0.15) is 0 Å². The van der Waals surface area contributed by atoms with Crippen LogP contribution in [0.5, 0.6) is 0 Å². The van der Waals surface area contributed by atoms with Gasteiger partial charge in [0.15, 0.2) is 5.43 Å². The van der Waals surface area contributed by atoms with Crippen molar-refractivity contribution in [2.75, 3.05) is 6.61 Å². The second-order valence-corrected chi connectivity index (χ2v) is 8.72. The first kappa shape index (κ1) is 17.4. The van der Waals surface area contributed by atoms with Crippen LogP contribution in [0.25, 0.3) is 11.1 Å². The van der Waals surface area contributed by atoms with Crippen molar-refractivity contribution in [3.63, 3.8) is 0 Å². The van der Waals surface area contributed by atoms with Crippen LogP contribution in [0.2, 0.25) is 0 Å². The fourth-order valence-electron chi connectivity index (χ4n) is 4.62. The first-order chi connectivity index (χ1) is 13.3. The van der Waals surface area contributed by atoms with Gasteiger partial charge in [-0.15, -0.1) is 0 Å². The summed E-state index contributed by atoms with van der Waals surface area (Å²) in [5.74, 6) is -1.28. The number of carboxylic acids is 1. The molecule has 0 spiro atoms. The number of nitrogens with two attached hydrogens (primary N) is 1. The van der Waals surface area contributed by atoms with E-state index in [-0.39, 0.29) is 29.0 Å². The molecule has 1 fully saturated rings. The third kappa shape index (κ3) is 2.27. The Morgan fingerprint density at radius 1 is 1.32 bits per heavy atom. The Kier molecular flexibility index (Phi) is 3.49. The molecule has 8 nitrogen and oxygen atoms in total. The molecule has 9 heteroatoms. The molecule has 1 saturated heterocycles. The molecule has 0 saturated carbocycles. The van der Waals surface area contributed by atoms with Crippen molar-refractivity contribution in [1.29, 1.82) is 0 Å². The molecule has 0 bridgehead atoms. The fraction of sp³-hybridized carbons (Fsp3) is 0.263. The van der Waals surface area contributed by atoms with Crippen LogP contribution in [0.3, 0.4) is 0 Å². The number of sulfonamides is 1. The SMILES string of the molecule is NS(=O)(=O)c1cccc2c1CC1=C2[C@H]2OCC[C@H]2n2cc(C(=O)O)c(=O)cc21. The summed E-state index contributed by atoms with van der Waals surface area (Å²) < 4.78 is 31.9. The first-order valence-electron chi connectivity index (χ1n) is 8.77. The van der Waals surface area contributed by atoms with E-state index in [0.29, 0.717) is 24.3 Å². The zero-order chi connectivity index (χ0) is 19.8. The van der Waals surface area contributed by atoms with Gasteiger partial charge in [-0.05, 0) is 34.8 Å². The molecule has 28 heavy (non-hydrogen) atoms. The van der Waals surface area contributed by atoms with Crippen LogP contribution in [0.15, 0.2) is 40.2 Å². The molecule has 1 aromatic carbocycles. The van der Waals surface area contributed by atoms with Crippen LogP contribution in [0.4, 0.5) is 0 Å². The number of hydrogen-bond acceptors (Lipinski definition) is 5. The van der Waals surface area contributed by atoms with Crippen molar-refractivity contribution >= 4 is 27.1 Å². The number of nitrogens with zero attached hydrogens (tertiary/aromatic N) is 1. The zero-order valence-corrected chi connectivity index (χ0v) is 15.4. The summed E-state index contributed by atoms with van der Waals surface area (Å²) in [4.78, 5) is 23.8. The molecule has 2 aliphatic heterocycles. The van der Waals surface area contributed by atoms with Crippen LogP contribution < -0.4 is 10.6 Å². The summed E-state index contributed by atoms with van der Waals surface area (Å²) in [5.41, 5.74) is 2.73. The van der Waals surface area contributed by atoms with Crippen LogP contribution in [0, 0.1) is 0 Å². The normalized spacial score (nSPS) is 22.5. The Balaban J connectivity index is 1.79. The minimum atomic E-state index is -3.91. The number of pyridine rings is 1. The molecular formula is C19H16N2O6S. The van der Waals surface area contributed by atoms with E-state index in [2.05, 4.69) is 0 Å². The van der Waals surface area contributed by atoms with E-state index < -0.39 is 21.4 Å². The van der Waals surface area contributed by atoms with Crippen molar-refractivity contribution in [1.82, 2.24) is 4.57 Å². The predicted molar refractivity (Wildman–Crippen MR) is 99.4 cm³/mol. The van der Waals surface area contributed by atoms with Crippen LogP contribution in [-0.2, 0) is 21.2 Å². The Hall–Kier alpha value is -2.75. The molecule has 5 rings (SSSR count). The van der Waals surface area contributed by atoms with E-state index in [1.54, 1.807) is 10.6 Å². The van der Waals surface area contributed by atoms with Crippen molar-refractivity contribution in [2.24, 2.45) is 5.14 Å². The highest BCUT2D eigenvalue weighted by atomic mass is 32.2. The van der Waals surface area contributed by atoms with Crippen molar-refractivity contribution in [3.8, 4) is 0 Å². The Morgan fingerprint density at radius 3 is 2.82 bits per heavy atom. The number of aromatic nitrogens is 1. The lowest BCUT2D eigenvalue weighted by Gasteiger charge is -2.32. The second kappa shape index (κ2) is 5.63. The highest BCUT2D eigenvalue weighted by Crippen LogP contribution is 2.51. The Morgan fingerprint density at radius 2 is 2.11 bits per heavy atom. The fourth-order valence-corrected chi connectivity index (χ4v) is 5.41. The molecule has 3 aliphatic rings. The number of fused-ring (bicyclic) bond motifs is 7. The van der Waals surface area contributed by atoms with Gasteiger partial charge in [-0.25, -0.2) is 18.4 Å². The monoisotopic (exact) mass is 400 g/mol.